The van der Waals surface area contributed by atoms with Crippen molar-refractivity contribution in [2.75, 3.05) is 32.8 Å². The molecule has 9 heteroatoms. The number of aromatic nitrogens is 5. The van der Waals surface area contributed by atoms with E-state index in [0.29, 0.717) is 12.6 Å². The number of nitrogens with one attached hydrogen (secondary N) is 1. The summed E-state index contributed by atoms with van der Waals surface area (Å²) in [6.07, 6.45) is 12.5. The number of piperidine rings is 1. The Morgan fingerprint density at radius 1 is 1.12 bits per heavy atom. The van der Waals surface area contributed by atoms with Gasteiger partial charge in [0.25, 0.3) is 0 Å². The van der Waals surface area contributed by atoms with Gasteiger partial charge in [-0.2, -0.15) is 10.2 Å². The summed E-state index contributed by atoms with van der Waals surface area (Å²) in [6.45, 7) is 7.74. The Balaban J connectivity index is 1.20. The van der Waals surface area contributed by atoms with Gasteiger partial charge in [0, 0.05) is 86.4 Å². The Morgan fingerprint density at radius 2 is 1.98 bits per heavy atom. The molecular weight excluding hydrogens is 514 g/mol. The molecule has 1 N–H and O–H groups in total. The van der Waals surface area contributed by atoms with Gasteiger partial charge < -0.3 is 15.0 Å². The maximum absolute atomic E-state index is 12.3. The molecule has 0 bridgehead atoms. The maximum Gasteiger partial charge on any atom is 0.219 e. The molecule has 2 saturated heterocycles. The summed E-state index contributed by atoms with van der Waals surface area (Å²) in [5.41, 5.74) is 6.46. The number of rotatable bonds is 6. The van der Waals surface area contributed by atoms with Gasteiger partial charge in [-0.25, -0.2) is 0 Å². The molecule has 0 radical (unpaired) electrons. The zero-order valence-corrected chi connectivity index (χ0v) is 23.9. The van der Waals surface area contributed by atoms with E-state index in [9.17, 15) is 4.79 Å². The van der Waals surface area contributed by atoms with E-state index in [-0.39, 0.29) is 5.91 Å². The Kier molecular flexibility index (Phi) is 7.31. The number of hydrogen-bond acceptors (Lipinski definition) is 6. The molecule has 1 aromatic carbocycles. The molecule has 41 heavy (non-hydrogen) atoms. The quantitative estimate of drug-likeness (QED) is 0.375. The number of aryl methyl sites for hydroxylation is 1. The van der Waals surface area contributed by atoms with Crippen molar-refractivity contribution < 1.29 is 9.53 Å². The molecule has 2 fully saturated rings. The molecule has 0 atom stereocenters. The molecule has 3 aliphatic heterocycles. The zero-order chi connectivity index (χ0) is 27.8. The van der Waals surface area contributed by atoms with E-state index in [1.165, 1.54) is 30.5 Å². The molecule has 0 spiro atoms. The first-order chi connectivity index (χ1) is 20.1. The smallest absolute Gasteiger partial charge is 0.219 e. The van der Waals surface area contributed by atoms with E-state index >= 15 is 0 Å². The molecule has 6 heterocycles. The normalized spacial score (nSPS) is 18.6. The van der Waals surface area contributed by atoms with Crippen molar-refractivity contribution in [3.63, 3.8) is 0 Å². The van der Waals surface area contributed by atoms with Crippen molar-refractivity contribution in [1.29, 1.82) is 0 Å². The lowest BCUT2D eigenvalue weighted by Gasteiger charge is -2.29. The second-order valence-electron chi connectivity index (χ2n) is 11.8. The van der Waals surface area contributed by atoms with Gasteiger partial charge in [0.1, 0.15) is 0 Å². The lowest BCUT2D eigenvalue weighted by molar-refractivity contribution is -0.129. The lowest BCUT2D eigenvalue weighted by atomic mass is 9.95. The van der Waals surface area contributed by atoms with Gasteiger partial charge in [-0.3, -0.25) is 19.1 Å². The van der Waals surface area contributed by atoms with Gasteiger partial charge in [0.15, 0.2) is 0 Å². The fourth-order valence-electron chi connectivity index (χ4n) is 6.80. The third-order valence-electron chi connectivity index (χ3n) is 9.24. The van der Waals surface area contributed by atoms with Crippen molar-refractivity contribution >= 4 is 16.7 Å². The van der Waals surface area contributed by atoms with Gasteiger partial charge >= 0.3 is 0 Å². The molecule has 0 unspecified atom stereocenters. The third-order valence-corrected chi connectivity index (χ3v) is 9.24. The summed E-state index contributed by atoms with van der Waals surface area (Å²) in [5, 5.41) is 15.6. The highest BCUT2D eigenvalue weighted by molar-refractivity contribution is 5.97. The number of hydrogen-bond donors (Lipinski definition) is 1. The predicted octanol–water partition coefficient (Wildman–Crippen LogP) is 4.61. The summed E-state index contributed by atoms with van der Waals surface area (Å²) in [7, 11) is 0. The topological polar surface area (TPSA) is 90.1 Å². The van der Waals surface area contributed by atoms with Crippen molar-refractivity contribution in [2.45, 2.75) is 64.6 Å². The van der Waals surface area contributed by atoms with E-state index < -0.39 is 0 Å². The Hall–Kier alpha value is -3.56. The van der Waals surface area contributed by atoms with E-state index in [2.05, 4.69) is 50.2 Å². The molecular formula is C32H39N7O2. The van der Waals surface area contributed by atoms with Crippen molar-refractivity contribution in [1.82, 2.24) is 34.8 Å². The van der Waals surface area contributed by atoms with Crippen LogP contribution in [0.5, 0.6) is 0 Å². The average Bonchev–Trinajstić information content (AvgIpc) is 3.65. The van der Waals surface area contributed by atoms with Gasteiger partial charge in [-0.05, 0) is 62.6 Å². The average molecular weight is 554 g/mol. The highest BCUT2D eigenvalue weighted by Crippen LogP contribution is 2.37. The van der Waals surface area contributed by atoms with E-state index in [1.54, 1.807) is 6.92 Å². The number of benzene rings is 1. The molecule has 3 aromatic heterocycles. The summed E-state index contributed by atoms with van der Waals surface area (Å²) >= 11 is 0. The summed E-state index contributed by atoms with van der Waals surface area (Å²) < 4.78 is 9.96. The SMILES string of the molecule is CC(=O)N1CCc2c(c(-c3cccc4cc(-c5cnn(CCC6CCNCC6)c5)ncc34)nn2C2CCOCC2)C1. The standard InChI is InChI=1S/C32H39N7O2/c1-22(40)37-13-8-31-29(21-37)32(36-39(31)26-9-15-41-16-10-26)27-4-2-3-24-17-30(34-19-28(24)27)25-18-35-38(20-25)14-7-23-5-11-33-12-6-23/h2-4,17-20,23,26,33H,5-16,21H2,1H3. The third kappa shape index (κ3) is 5.28. The molecule has 0 aliphatic carbocycles. The van der Waals surface area contributed by atoms with Gasteiger partial charge in [-0.15, -0.1) is 0 Å². The van der Waals surface area contributed by atoms with Crippen molar-refractivity contribution in [3.8, 4) is 22.5 Å². The van der Waals surface area contributed by atoms with Crippen molar-refractivity contribution in [2.24, 2.45) is 5.92 Å². The summed E-state index contributed by atoms with van der Waals surface area (Å²) in [5.74, 6) is 0.894. The number of carbonyl (C=O) groups is 1. The van der Waals surface area contributed by atoms with Crippen LogP contribution in [0, 0.1) is 5.92 Å². The fourth-order valence-corrected chi connectivity index (χ4v) is 6.80. The monoisotopic (exact) mass is 553 g/mol. The van der Waals surface area contributed by atoms with Gasteiger partial charge in [-0.1, -0.05) is 18.2 Å². The lowest BCUT2D eigenvalue weighted by Crippen LogP contribution is -2.35. The van der Waals surface area contributed by atoms with Crippen LogP contribution in [0.4, 0.5) is 0 Å². The molecule has 7 rings (SSSR count). The van der Waals surface area contributed by atoms with Crippen LogP contribution in [0.2, 0.25) is 0 Å². The van der Waals surface area contributed by atoms with Crippen LogP contribution in [0.25, 0.3) is 33.3 Å². The maximum atomic E-state index is 12.3. The highest BCUT2D eigenvalue weighted by atomic mass is 16.5. The Morgan fingerprint density at radius 3 is 2.80 bits per heavy atom. The number of carbonyl (C=O) groups excluding carboxylic acids is 1. The van der Waals surface area contributed by atoms with Crippen LogP contribution in [0.15, 0.2) is 42.9 Å². The minimum absolute atomic E-state index is 0.112. The van der Waals surface area contributed by atoms with Crippen LogP contribution in [-0.4, -0.2) is 68.2 Å². The first kappa shape index (κ1) is 26.3. The number of pyridine rings is 1. The minimum Gasteiger partial charge on any atom is -0.381 e. The molecule has 9 nitrogen and oxygen atoms in total. The number of ether oxygens (including phenoxy) is 1. The van der Waals surface area contributed by atoms with Gasteiger partial charge in [0.05, 0.1) is 23.6 Å². The first-order valence-corrected chi connectivity index (χ1v) is 15.2. The molecule has 4 aromatic rings. The summed E-state index contributed by atoms with van der Waals surface area (Å²) in [4.78, 5) is 19.2. The summed E-state index contributed by atoms with van der Waals surface area (Å²) in [6, 6.07) is 8.90. The second-order valence-corrected chi connectivity index (χ2v) is 11.8. The second kappa shape index (κ2) is 11.4. The fraction of sp³-hybridized carbons (Fsp3) is 0.500. The number of amides is 1. The van der Waals surface area contributed by atoms with Gasteiger partial charge in [0.2, 0.25) is 5.91 Å². The molecule has 0 saturated carbocycles. The molecule has 1 amide bonds. The van der Waals surface area contributed by atoms with Crippen molar-refractivity contribution in [3.05, 3.63) is 54.1 Å². The highest BCUT2D eigenvalue weighted by Gasteiger charge is 2.30. The van der Waals surface area contributed by atoms with Crippen LogP contribution >= 0.6 is 0 Å². The van der Waals surface area contributed by atoms with E-state index in [4.69, 9.17) is 14.8 Å². The zero-order valence-electron chi connectivity index (χ0n) is 23.9. The Bertz CT molecular complexity index is 1540. The Labute approximate surface area is 240 Å². The van der Waals surface area contributed by atoms with Crippen LogP contribution in [0.3, 0.4) is 0 Å². The van der Waals surface area contributed by atoms with E-state index in [0.717, 1.165) is 97.9 Å². The number of nitrogens with zero attached hydrogens (tertiary/aromatic N) is 6. The van der Waals surface area contributed by atoms with Crippen LogP contribution < -0.4 is 5.32 Å². The van der Waals surface area contributed by atoms with E-state index in [1.807, 2.05) is 17.3 Å². The van der Waals surface area contributed by atoms with Crippen LogP contribution in [-0.2, 0) is 29.0 Å². The largest absolute Gasteiger partial charge is 0.381 e. The molecule has 3 aliphatic rings. The number of fused-ring (bicyclic) bond motifs is 2. The van der Waals surface area contributed by atoms with Crippen LogP contribution in [0.1, 0.15) is 56.3 Å². The predicted molar refractivity (Wildman–Crippen MR) is 158 cm³/mol. The first-order valence-electron chi connectivity index (χ1n) is 15.2. The minimum atomic E-state index is 0.112. The molecule has 214 valence electrons.